The van der Waals surface area contributed by atoms with Gasteiger partial charge in [-0.05, 0) is 43.2 Å². The van der Waals surface area contributed by atoms with Gasteiger partial charge in [0.25, 0.3) is 0 Å². The molecule has 0 radical (unpaired) electrons. The first-order chi connectivity index (χ1) is 9.31. The zero-order valence-corrected chi connectivity index (χ0v) is 12.6. The molecule has 0 aromatic heterocycles. The third kappa shape index (κ3) is 2.99. The Balaban J connectivity index is 0.00000147. The van der Waals surface area contributed by atoms with Gasteiger partial charge in [-0.15, -0.1) is 12.4 Å². The zero-order chi connectivity index (χ0) is 13.2. The summed E-state index contributed by atoms with van der Waals surface area (Å²) in [5, 5.41) is 0. The minimum absolute atomic E-state index is 0. The van der Waals surface area contributed by atoms with Gasteiger partial charge in [0.2, 0.25) is 5.91 Å². The third-order valence-electron chi connectivity index (χ3n) is 4.26. The van der Waals surface area contributed by atoms with Crippen LogP contribution in [-0.2, 0) is 11.2 Å². The lowest BCUT2D eigenvalue weighted by Crippen LogP contribution is -2.39. The summed E-state index contributed by atoms with van der Waals surface area (Å²) in [5.74, 6) is 0.242. The second-order valence-corrected chi connectivity index (χ2v) is 5.68. The Hall–Kier alpha value is -1.06. The summed E-state index contributed by atoms with van der Waals surface area (Å²) in [6, 6.07) is 9.36. The fourth-order valence-corrected chi connectivity index (χ4v) is 3.25. The molecule has 0 spiro atoms. The molecule has 20 heavy (non-hydrogen) atoms. The van der Waals surface area contributed by atoms with Crippen LogP contribution >= 0.6 is 12.4 Å². The Labute approximate surface area is 126 Å². The molecule has 2 aliphatic rings. The number of nitrogens with two attached hydrogens (primary N) is 1. The molecule has 1 amide bonds. The third-order valence-corrected chi connectivity index (χ3v) is 4.26. The minimum atomic E-state index is 0. The van der Waals surface area contributed by atoms with Crippen molar-refractivity contribution in [2.45, 2.75) is 50.6 Å². The molecular formula is C16H23ClN2O. The van der Waals surface area contributed by atoms with Crippen LogP contribution < -0.4 is 5.73 Å². The average molecular weight is 295 g/mol. The number of carbonyl (C=O) groups excluding carboxylic acids is 1. The smallest absolute Gasteiger partial charge is 0.224 e. The Bertz CT molecular complexity index is 473. The summed E-state index contributed by atoms with van der Waals surface area (Å²) in [4.78, 5) is 14.5. The lowest BCUT2D eigenvalue weighted by atomic mass is 9.86. The van der Waals surface area contributed by atoms with Crippen LogP contribution in [0.2, 0.25) is 0 Å². The molecule has 0 bridgehead atoms. The van der Waals surface area contributed by atoms with Gasteiger partial charge in [0, 0.05) is 19.0 Å². The molecule has 4 heteroatoms. The normalized spacial score (nSPS) is 20.8. The molecule has 2 N–H and O–H groups in total. The van der Waals surface area contributed by atoms with Crippen molar-refractivity contribution < 1.29 is 4.79 Å². The Morgan fingerprint density at radius 2 is 2.00 bits per heavy atom. The second kappa shape index (κ2) is 6.59. The van der Waals surface area contributed by atoms with Crippen LogP contribution in [-0.4, -0.2) is 23.4 Å². The highest BCUT2D eigenvalue weighted by Crippen LogP contribution is 2.40. The van der Waals surface area contributed by atoms with E-state index >= 15 is 0 Å². The predicted octanol–water partition coefficient (Wildman–Crippen LogP) is 2.83. The van der Waals surface area contributed by atoms with Gasteiger partial charge in [-0.3, -0.25) is 4.79 Å². The Morgan fingerprint density at radius 3 is 2.70 bits per heavy atom. The van der Waals surface area contributed by atoms with E-state index in [9.17, 15) is 4.79 Å². The molecule has 1 fully saturated rings. The van der Waals surface area contributed by atoms with Crippen molar-refractivity contribution in [3.63, 3.8) is 0 Å². The molecule has 3 rings (SSSR count). The average Bonchev–Trinajstić information content (AvgIpc) is 3.24. The van der Waals surface area contributed by atoms with Gasteiger partial charge in [-0.2, -0.15) is 0 Å². The number of amides is 1. The molecule has 1 saturated carbocycles. The van der Waals surface area contributed by atoms with Crippen LogP contribution in [0.4, 0.5) is 0 Å². The van der Waals surface area contributed by atoms with E-state index in [1.54, 1.807) is 0 Å². The lowest BCUT2D eigenvalue weighted by Gasteiger charge is -2.36. The summed E-state index contributed by atoms with van der Waals surface area (Å²) in [6.07, 6.45) is 6.24. The van der Waals surface area contributed by atoms with Crippen molar-refractivity contribution in [1.29, 1.82) is 0 Å². The van der Waals surface area contributed by atoms with Crippen LogP contribution in [0, 0.1) is 0 Å². The lowest BCUT2D eigenvalue weighted by molar-refractivity contribution is -0.134. The van der Waals surface area contributed by atoms with E-state index in [4.69, 9.17) is 5.73 Å². The number of carbonyl (C=O) groups is 1. The van der Waals surface area contributed by atoms with E-state index in [2.05, 4.69) is 29.2 Å². The number of halogens is 1. The number of hydrogen-bond acceptors (Lipinski definition) is 2. The number of rotatable bonds is 4. The van der Waals surface area contributed by atoms with Crippen molar-refractivity contribution in [1.82, 2.24) is 4.90 Å². The zero-order valence-electron chi connectivity index (χ0n) is 11.8. The van der Waals surface area contributed by atoms with Crippen molar-refractivity contribution in [3.8, 4) is 0 Å². The minimum Gasteiger partial charge on any atom is -0.333 e. The van der Waals surface area contributed by atoms with Crippen LogP contribution in [0.3, 0.4) is 0 Å². The van der Waals surface area contributed by atoms with Crippen molar-refractivity contribution >= 4 is 18.3 Å². The summed E-state index contributed by atoms with van der Waals surface area (Å²) < 4.78 is 0. The maximum absolute atomic E-state index is 12.4. The number of hydrogen-bond donors (Lipinski definition) is 1. The van der Waals surface area contributed by atoms with Crippen molar-refractivity contribution in [3.05, 3.63) is 35.4 Å². The molecule has 0 aliphatic heterocycles. The highest BCUT2D eigenvalue weighted by atomic mass is 35.5. The number of fused-ring (bicyclic) bond motifs is 1. The quantitative estimate of drug-likeness (QED) is 0.928. The van der Waals surface area contributed by atoms with Crippen molar-refractivity contribution in [2.24, 2.45) is 5.73 Å². The first-order valence-corrected chi connectivity index (χ1v) is 7.40. The van der Waals surface area contributed by atoms with E-state index in [0.29, 0.717) is 19.0 Å². The molecule has 0 saturated heterocycles. The fourth-order valence-electron chi connectivity index (χ4n) is 3.25. The Morgan fingerprint density at radius 1 is 1.25 bits per heavy atom. The van der Waals surface area contributed by atoms with Gasteiger partial charge < -0.3 is 10.6 Å². The van der Waals surface area contributed by atoms with Crippen LogP contribution in [0.15, 0.2) is 24.3 Å². The summed E-state index contributed by atoms with van der Waals surface area (Å²) in [7, 11) is 0. The topological polar surface area (TPSA) is 46.3 Å². The van der Waals surface area contributed by atoms with Gasteiger partial charge in [-0.25, -0.2) is 0 Å². The molecule has 1 aromatic carbocycles. The standard InChI is InChI=1S/C16H22N2O.ClH/c17-11-10-16(19)18(13-8-9-13)15-7-3-5-12-4-1-2-6-14(12)15;/h1-2,4,6,13,15H,3,5,7-11,17H2;1H. The van der Waals surface area contributed by atoms with Crippen LogP contribution in [0.5, 0.6) is 0 Å². The first-order valence-electron chi connectivity index (χ1n) is 7.40. The summed E-state index contributed by atoms with van der Waals surface area (Å²) in [5.41, 5.74) is 8.35. The number of nitrogens with zero attached hydrogens (tertiary/aromatic N) is 1. The van der Waals surface area contributed by atoms with E-state index in [-0.39, 0.29) is 24.4 Å². The highest BCUT2D eigenvalue weighted by Gasteiger charge is 2.38. The first kappa shape index (κ1) is 15.3. The molecule has 2 aliphatic carbocycles. The van der Waals surface area contributed by atoms with Crippen molar-refractivity contribution in [2.75, 3.05) is 6.54 Å². The SMILES string of the molecule is Cl.NCCC(=O)N(C1CC1)C1CCCc2ccccc21. The molecule has 1 aromatic rings. The summed E-state index contributed by atoms with van der Waals surface area (Å²) in [6.45, 7) is 0.455. The molecule has 3 nitrogen and oxygen atoms in total. The van der Waals surface area contributed by atoms with Gasteiger partial charge in [0.05, 0.1) is 6.04 Å². The molecule has 0 heterocycles. The number of benzene rings is 1. The molecule has 1 unspecified atom stereocenters. The van der Waals surface area contributed by atoms with Crippen LogP contribution in [0.25, 0.3) is 0 Å². The number of aryl methyl sites for hydroxylation is 1. The van der Waals surface area contributed by atoms with Gasteiger partial charge in [-0.1, -0.05) is 24.3 Å². The predicted molar refractivity (Wildman–Crippen MR) is 82.9 cm³/mol. The molecule has 1 atom stereocenters. The van der Waals surface area contributed by atoms with E-state index in [1.165, 1.54) is 17.5 Å². The van der Waals surface area contributed by atoms with E-state index in [0.717, 1.165) is 25.7 Å². The monoisotopic (exact) mass is 294 g/mol. The largest absolute Gasteiger partial charge is 0.333 e. The molecular weight excluding hydrogens is 272 g/mol. The maximum Gasteiger partial charge on any atom is 0.224 e. The van der Waals surface area contributed by atoms with Gasteiger partial charge >= 0.3 is 0 Å². The Kier molecular flexibility index (Phi) is 5.06. The molecule has 110 valence electrons. The highest BCUT2D eigenvalue weighted by molar-refractivity contribution is 5.85. The van der Waals surface area contributed by atoms with Gasteiger partial charge in [0.15, 0.2) is 0 Å². The second-order valence-electron chi connectivity index (χ2n) is 5.68. The van der Waals surface area contributed by atoms with Crippen LogP contribution in [0.1, 0.15) is 49.3 Å². The van der Waals surface area contributed by atoms with E-state index in [1.807, 2.05) is 0 Å². The van der Waals surface area contributed by atoms with Gasteiger partial charge in [0.1, 0.15) is 0 Å². The maximum atomic E-state index is 12.4. The fraction of sp³-hybridized carbons (Fsp3) is 0.562. The van der Waals surface area contributed by atoms with E-state index < -0.39 is 0 Å². The summed E-state index contributed by atoms with van der Waals surface area (Å²) >= 11 is 0.